The van der Waals surface area contributed by atoms with Crippen molar-refractivity contribution in [3.63, 3.8) is 0 Å². The molecule has 0 aliphatic carbocycles. The summed E-state index contributed by atoms with van der Waals surface area (Å²) in [4.78, 5) is 7.79. The molecule has 68 valence electrons. The average Bonchev–Trinajstić information content (AvgIpc) is 2.42. The van der Waals surface area contributed by atoms with Crippen LogP contribution in [-0.4, -0.2) is 19.6 Å². The Labute approximate surface area is 81.5 Å². The van der Waals surface area contributed by atoms with Gasteiger partial charge in [0, 0.05) is 10.4 Å². The first-order valence-electron chi connectivity index (χ1n) is 3.45. The molecule has 0 bridgehead atoms. The van der Waals surface area contributed by atoms with Crippen molar-refractivity contribution in [1.29, 1.82) is 0 Å². The van der Waals surface area contributed by atoms with Crippen molar-refractivity contribution >= 4 is 27.7 Å². The predicted molar refractivity (Wildman–Crippen MR) is 47.1 cm³/mol. The van der Waals surface area contributed by atoms with Crippen molar-refractivity contribution in [2.75, 3.05) is 5.73 Å². The topological polar surface area (TPSA) is 92.2 Å². The van der Waals surface area contributed by atoms with Crippen molar-refractivity contribution in [2.45, 2.75) is 6.92 Å². The fourth-order valence-electron chi connectivity index (χ4n) is 0.975. The van der Waals surface area contributed by atoms with Crippen LogP contribution in [0, 0.1) is 6.92 Å². The second-order valence-electron chi connectivity index (χ2n) is 2.50. The summed E-state index contributed by atoms with van der Waals surface area (Å²) in [7, 11) is 0. The number of aryl methyl sites for hydroxylation is 1. The van der Waals surface area contributed by atoms with E-state index in [1.165, 1.54) is 0 Å². The van der Waals surface area contributed by atoms with Crippen LogP contribution in [0.2, 0.25) is 0 Å². The number of rotatable bonds is 0. The molecule has 0 unspecified atom stereocenters. The van der Waals surface area contributed by atoms with Crippen molar-refractivity contribution < 1.29 is 5.11 Å². The van der Waals surface area contributed by atoms with E-state index in [2.05, 4.69) is 31.0 Å². The van der Waals surface area contributed by atoms with E-state index in [9.17, 15) is 5.11 Å². The van der Waals surface area contributed by atoms with E-state index in [4.69, 9.17) is 5.73 Å². The first-order valence-corrected chi connectivity index (χ1v) is 4.24. The lowest BCUT2D eigenvalue weighted by Gasteiger charge is -2.10. The predicted octanol–water partition coefficient (Wildman–Crippen LogP) is -0.149. The maximum atomic E-state index is 11.5. The van der Waals surface area contributed by atoms with Crippen LogP contribution in [0.25, 0.3) is 5.78 Å². The van der Waals surface area contributed by atoms with Crippen molar-refractivity contribution in [3.8, 4) is 5.88 Å². The Morgan fingerprint density at radius 2 is 2.15 bits per heavy atom. The minimum atomic E-state index is -0.299. The maximum Gasteiger partial charge on any atom is 0.253 e. The van der Waals surface area contributed by atoms with Crippen molar-refractivity contribution in [3.05, 3.63) is 10.2 Å². The number of hydrogen-bond donors (Lipinski definition) is 1. The van der Waals surface area contributed by atoms with Crippen molar-refractivity contribution in [2.24, 2.45) is 0 Å². The molecule has 0 aromatic carbocycles. The number of nitrogens with two attached hydrogens (primary N) is 1. The van der Waals surface area contributed by atoms with Crippen LogP contribution in [0.4, 0.5) is 5.95 Å². The molecule has 2 aromatic heterocycles. The van der Waals surface area contributed by atoms with Gasteiger partial charge < -0.3 is 10.8 Å². The molecule has 2 N–H and O–H groups in total. The molecule has 0 atom stereocenters. The molecule has 7 heteroatoms. The van der Waals surface area contributed by atoms with Crippen LogP contribution in [-0.2, 0) is 0 Å². The molecule has 0 spiro atoms. The van der Waals surface area contributed by atoms with Crippen LogP contribution < -0.4 is 10.8 Å². The van der Waals surface area contributed by atoms with Gasteiger partial charge in [0.05, 0.1) is 5.69 Å². The lowest BCUT2D eigenvalue weighted by atomic mass is 10.4. The van der Waals surface area contributed by atoms with E-state index in [1.807, 2.05) is 0 Å². The highest BCUT2D eigenvalue weighted by Crippen LogP contribution is 2.23. The number of nitrogens with zero attached hydrogens (tertiary/aromatic N) is 4. The number of aromatic nitrogens is 4. The first kappa shape index (κ1) is 8.24. The minimum Gasteiger partial charge on any atom is -0.858 e. The van der Waals surface area contributed by atoms with Gasteiger partial charge in [-0.1, -0.05) is 0 Å². The SMILES string of the molecule is Cc1nc2nc(N)nn2c([O-])c1Br. The first-order chi connectivity index (χ1) is 6.09. The summed E-state index contributed by atoms with van der Waals surface area (Å²) in [5.74, 6) is -0.0306. The number of anilines is 1. The zero-order chi connectivity index (χ0) is 9.59. The Balaban J connectivity index is 2.92. The lowest BCUT2D eigenvalue weighted by molar-refractivity contribution is -0.278. The molecule has 0 aliphatic rings. The highest BCUT2D eigenvalue weighted by atomic mass is 79.9. The summed E-state index contributed by atoms with van der Waals surface area (Å²) < 4.78 is 1.44. The number of nitrogen functional groups attached to an aromatic ring is 1. The maximum absolute atomic E-state index is 11.5. The molecule has 0 saturated carbocycles. The average molecular weight is 243 g/mol. The Hall–Kier alpha value is -1.37. The summed E-state index contributed by atoms with van der Waals surface area (Å²) in [6, 6.07) is 0. The molecule has 2 rings (SSSR count). The summed E-state index contributed by atoms with van der Waals surface area (Å²) >= 11 is 3.11. The molecule has 6 nitrogen and oxygen atoms in total. The largest absolute Gasteiger partial charge is 0.858 e. The normalized spacial score (nSPS) is 10.9. The van der Waals surface area contributed by atoms with Gasteiger partial charge in [0.2, 0.25) is 5.95 Å². The van der Waals surface area contributed by atoms with Gasteiger partial charge in [0.25, 0.3) is 5.78 Å². The van der Waals surface area contributed by atoms with E-state index in [1.54, 1.807) is 6.92 Å². The van der Waals surface area contributed by atoms with Gasteiger partial charge in [-0.05, 0) is 22.9 Å². The molecule has 0 fully saturated rings. The standard InChI is InChI=1S/C6H6BrN5O/c1-2-3(7)4(13)12-6(9-2)10-5(8)11-12/h13H,1H3,(H2,8,11)/p-1. The summed E-state index contributed by atoms with van der Waals surface area (Å²) in [6.07, 6.45) is 0. The number of hydrogen-bond acceptors (Lipinski definition) is 5. The highest BCUT2D eigenvalue weighted by molar-refractivity contribution is 9.10. The lowest BCUT2D eigenvalue weighted by Crippen LogP contribution is -2.05. The smallest absolute Gasteiger partial charge is 0.253 e. The van der Waals surface area contributed by atoms with Gasteiger partial charge in [-0.15, -0.1) is 5.10 Å². The van der Waals surface area contributed by atoms with Crippen LogP contribution >= 0.6 is 15.9 Å². The molecule has 13 heavy (non-hydrogen) atoms. The van der Waals surface area contributed by atoms with Gasteiger partial charge in [-0.25, -0.2) is 9.50 Å². The van der Waals surface area contributed by atoms with Gasteiger partial charge >= 0.3 is 0 Å². The fourth-order valence-corrected chi connectivity index (χ4v) is 1.23. The second-order valence-corrected chi connectivity index (χ2v) is 3.29. The van der Waals surface area contributed by atoms with E-state index in [0.717, 1.165) is 4.52 Å². The van der Waals surface area contributed by atoms with Gasteiger partial charge in [-0.3, -0.25) is 0 Å². The Bertz CT molecular complexity index is 479. The Morgan fingerprint density at radius 1 is 1.46 bits per heavy atom. The van der Waals surface area contributed by atoms with Crippen LogP contribution in [0.15, 0.2) is 4.47 Å². The third-order valence-corrected chi connectivity index (χ3v) is 2.48. The van der Waals surface area contributed by atoms with E-state index in [-0.39, 0.29) is 17.6 Å². The zero-order valence-corrected chi connectivity index (χ0v) is 8.24. The van der Waals surface area contributed by atoms with E-state index < -0.39 is 0 Å². The summed E-state index contributed by atoms with van der Waals surface area (Å²) in [5.41, 5.74) is 5.90. The number of halogens is 1. The summed E-state index contributed by atoms with van der Waals surface area (Å²) in [5, 5.41) is 15.2. The van der Waals surface area contributed by atoms with Crippen LogP contribution in [0.5, 0.6) is 5.88 Å². The Morgan fingerprint density at radius 3 is 2.85 bits per heavy atom. The van der Waals surface area contributed by atoms with E-state index >= 15 is 0 Å². The second kappa shape index (κ2) is 2.56. The molecule has 0 amide bonds. The molecule has 2 aromatic rings. The van der Waals surface area contributed by atoms with E-state index in [0.29, 0.717) is 10.2 Å². The molecule has 0 aliphatic heterocycles. The monoisotopic (exact) mass is 242 g/mol. The third kappa shape index (κ3) is 1.12. The number of fused-ring (bicyclic) bond motifs is 1. The minimum absolute atomic E-state index is 0.0436. The van der Waals surface area contributed by atoms with Gasteiger partial charge in [-0.2, -0.15) is 4.98 Å². The fraction of sp³-hybridized carbons (Fsp3) is 0.167. The Kier molecular flexibility index (Phi) is 1.62. The quantitative estimate of drug-likeness (QED) is 0.694. The zero-order valence-electron chi connectivity index (χ0n) is 6.65. The highest BCUT2D eigenvalue weighted by Gasteiger charge is 2.06. The third-order valence-electron chi connectivity index (χ3n) is 1.57. The van der Waals surface area contributed by atoms with Gasteiger partial charge in [0.1, 0.15) is 0 Å². The van der Waals surface area contributed by atoms with Crippen LogP contribution in [0.3, 0.4) is 0 Å². The molecular weight excluding hydrogens is 238 g/mol. The van der Waals surface area contributed by atoms with Gasteiger partial charge in [0.15, 0.2) is 0 Å². The molecule has 0 saturated heterocycles. The molecule has 2 heterocycles. The molecule has 0 radical (unpaired) electrons. The van der Waals surface area contributed by atoms with Crippen molar-refractivity contribution in [1.82, 2.24) is 19.6 Å². The van der Waals surface area contributed by atoms with Crippen LogP contribution in [0.1, 0.15) is 5.69 Å². The molecular formula is C6H5BrN5O-. The summed E-state index contributed by atoms with van der Waals surface area (Å²) in [6.45, 7) is 1.70.